The van der Waals surface area contributed by atoms with Crippen molar-refractivity contribution >= 4 is 0 Å². The molecule has 0 aromatic carbocycles. The molecule has 0 rings (SSSR count). The van der Waals surface area contributed by atoms with Gasteiger partial charge in [-0.05, 0) is 27.2 Å². The zero-order valence-corrected chi connectivity index (χ0v) is 8.35. The van der Waals surface area contributed by atoms with E-state index < -0.39 is 0 Å². The van der Waals surface area contributed by atoms with Crippen LogP contribution >= 0.6 is 0 Å². The summed E-state index contributed by atoms with van der Waals surface area (Å²) < 4.78 is 0. The van der Waals surface area contributed by atoms with Gasteiger partial charge in [-0.2, -0.15) is 0 Å². The van der Waals surface area contributed by atoms with Gasteiger partial charge in [-0.1, -0.05) is 13.8 Å². The Morgan fingerprint density at radius 1 is 1.18 bits per heavy atom. The molecule has 0 atom stereocenters. The number of rotatable bonds is 5. The number of nitrogens with one attached hydrogen (secondary N) is 1. The Balaban J connectivity index is 0. The molecule has 3 N–H and O–H groups in total. The highest BCUT2D eigenvalue weighted by molar-refractivity contribution is 4.52. The normalized spacial score (nSPS) is 9.27. The molecule has 3 heteroatoms. The van der Waals surface area contributed by atoms with Gasteiger partial charge in [-0.3, -0.25) is 0 Å². The van der Waals surface area contributed by atoms with E-state index in [0.717, 1.165) is 19.6 Å². The highest BCUT2D eigenvalue weighted by Crippen LogP contribution is 1.82. The summed E-state index contributed by atoms with van der Waals surface area (Å²) in [7, 11) is 3.49. The topological polar surface area (TPSA) is 41.3 Å². The molecule has 0 amide bonds. The number of hydrogen-bond acceptors (Lipinski definition) is 3. The smallest absolute Gasteiger partial charge is 0.0106 e. The third kappa shape index (κ3) is 9.88. The summed E-state index contributed by atoms with van der Waals surface area (Å²) in [6.07, 6.45) is 0. The Labute approximate surface area is 70.9 Å². The van der Waals surface area contributed by atoms with E-state index in [1.54, 1.807) is 0 Å². The van der Waals surface area contributed by atoms with Gasteiger partial charge in [0.2, 0.25) is 0 Å². The molecule has 0 unspecified atom stereocenters. The maximum absolute atomic E-state index is 4.50. The standard InChI is InChI=1S/C7H18N2.CH5N/c1-4-9(5-2)7-6-8-3;1-2/h8H,4-7H2,1-3H3;2H2,1H3. The molecule has 0 aliphatic rings. The summed E-state index contributed by atoms with van der Waals surface area (Å²) in [4.78, 5) is 2.40. The van der Waals surface area contributed by atoms with Gasteiger partial charge in [0, 0.05) is 13.1 Å². The van der Waals surface area contributed by atoms with Crippen molar-refractivity contribution in [3.8, 4) is 0 Å². The van der Waals surface area contributed by atoms with Crippen molar-refractivity contribution in [2.24, 2.45) is 5.73 Å². The number of likely N-dealkylation sites (N-methyl/N-ethyl adjacent to an activating group) is 2. The van der Waals surface area contributed by atoms with Gasteiger partial charge in [-0.25, -0.2) is 0 Å². The molecule has 0 aliphatic carbocycles. The van der Waals surface area contributed by atoms with Crippen LogP contribution in [0.2, 0.25) is 0 Å². The molecule has 70 valence electrons. The monoisotopic (exact) mass is 161 g/mol. The molecule has 3 nitrogen and oxygen atoms in total. The zero-order chi connectivity index (χ0) is 9.11. The molecule has 0 saturated heterocycles. The van der Waals surface area contributed by atoms with Crippen molar-refractivity contribution in [1.82, 2.24) is 10.2 Å². The summed E-state index contributed by atoms with van der Waals surface area (Å²) in [6.45, 7) is 8.99. The Morgan fingerprint density at radius 2 is 1.64 bits per heavy atom. The van der Waals surface area contributed by atoms with Crippen molar-refractivity contribution in [2.45, 2.75) is 13.8 Å². The Morgan fingerprint density at radius 3 is 1.91 bits per heavy atom. The highest BCUT2D eigenvalue weighted by Gasteiger charge is 1.94. The average Bonchev–Trinajstić information content (AvgIpc) is 2.10. The zero-order valence-electron chi connectivity index (χ0n) is 8.35. The second-order valence-corrected chi connectivity index (χ2v) is 2.13. The second kappa shape index (κ2) is 12.5. The predicted octanol–water partition coefficient (Wildman–Crippen LogP) is 0.123. The van der Waals surface area contributed by atoms with Crippen LogP contribution in [0.5, 0.6) is 0 Å². The lowest BCUT2D eigenvalue weighted by molar-refractivity contribution is 0.305. The quantitative estimate of drug-likeness (QED) is 0.602. The van der Waals surface area contributed by atoms with E-state index >= 15 is 0 Å². The van der Waals surface area contributed by atoms with E-state index in [2.05, 4.69) is 29.8 Å². The van der Waals surface area contributed by atoms with Crippen LogP contribution in [0.3, 0.4) is 0 Å². The van der Waals surface area contributed by atoms with Crippen molar-refractivity contribution in [3.05, 3.63) is 0 Å². The van der Waals surface area contributed by atoms with E-state index in [-0.39, 0.29) is 0 Å². The van der Waals surface area contributed by atoms with E-state index in [1.165, 1.54) is 13.6 Å². The van der Waals surface area contributed by atoms with Crippen molar-refractivity contribution in [3.63, 3.8) is 0 Å². The molecule has 11 heavy (non-hydrogen) atoms. The molecule has 0 aromatic rings. The number of nitrogens with zero attached hydrogens (tertiary/aromatic N) is 1. The lowest BCUT2D eigenvalue weighted by Gasteiger charge is -2.16. The Hall–Kier alpha value is -0.120. The van der Waals surface area contributed by atoms with Gasteiger partial charge in [0.15, 0.2) is 0 Å². The van der Waals surface area contributed by atoms with E-state index in [4.69, 9.17) is 0 Å². The maximum atomic E-state index is 4.50. The first kappa shape index (κ1) is 13.5. The molecule has 0 spiro atoms. The van der Waals surface area contributed by atoms with E-state index in [1.807, 2.05) is 7.05 Å². The fourth-order valence-corrected chi connectivity index (χ4v) is 0.810. The summed E-state index contributed by atoms with van der Waals surface area (Å²) in [5.41, 5.74) is 4.50. The van der Waals surface area contributed by atoms with E-state index in [0.29, 0.717) is 0 Å². The van der Waals surface area contributed by atoms with Crippen LogP contribution < -0.4 is 11.1 Å². The van der Waals surface area contributed by atoms with Crippen LogP contribution in [0.4, 0.5) is 0 Å². The molecule has 0 saturated carbocycles. The molecule has 0 aromatic heterocycles. The lowest BCUT2D eigenvalue weighted by atomic mass is 10.5. The Bertz CT molecular complexity index is 53.3. The fourth-order valence-electron chi connectivity index (χ4n) is 0.810. The first-order valence-electron chi connectivity index (χ1n) is 4.29. The molecule has 0 aliphatic heterocycles. The van der Waals surface area contributed by atoms with Crippen LogP contribution in [0.25, 0.3) is 0 Å². The number of hydrogen-bond donors (Lipinski definition) is 2. The predicted molar refractivity (Wildman–Crippen MR) is 51.8 cm³/mol. The van der Waals surface area contributed by atoms with Gasteiger partial charge in [0.05, 0.1) is 0 Å². The minimum atomic E-state index is 1.10. The molecule has 0 bridgehead atoms. The summed E-state index contributed by atoms with van der Waals surface area (Å²) >= 11 is 0. The van der Waals surface area contributed by atoms with Crippen LogP contribution in [-0.2, 0) is 0 Å². The third-order valence-electron chi connectivity index (χ3n) is 1.57. The highest BCUT2D eigenvalue weighted by atomic mass is 15.1. The minimum absolute atomic E-state index is 1.10. The third-order valence-corrected chi connectivity index (χ3v) is 1.57. The molecule has 0 heterocycles. The van der Waals surface area contributed by atoms with Gasteiger partial charge in [0.25, 0.3) is 0 Å². The molecular weight excluding hydrogens is 138 g/mol. The van der Waals surface area contributed by atoms with Crippen LogP contribution in [0, 0.1) is 0 Å². The summed E-state index contributed by atoms with van der Waals surface area (Å²) in [6, 6.07) is 0. The lowest BCUT2D eigenvalue weighted by Crippen LogP contribution is -2.30. The van der Waals surface area contributed by atoms with Gasteiger partial charge >= 0.3 is 0 Å². The Kier molecular flexibility index (Phi) is 15.4. The summed E-state index contributed by atoms with van der Waals surface area (Å²) in [5, 5.41) is 3.13. The first-order valence-corrected chi connectivity index (χ1v) is 4.29. The van der Waals surface area contributed by atoms with Gasteiger partial charge in [-0.15, -0.1) is 0 Å². The van der Waals surface area contributed by atoms with E-state index in [9.17, 15) is 0 Å². The number of nitrogens with two attached hydrogens (primary N) is 1. The molecule has 0 fully saturated rings. The van der Waals surface area contributed by atoms with Crippen molar-refractivity contribution in [2.75, 3.05) is 40.3 Å². The maximum Gasteiger partial charge on any atom is 0.0106 e. The van der Waals surface area contributed by atoms with Crippen LogP contribution in [0.15, 0.2) is 0 Å². The van der Waals surface area contributed by atoms with Gasteiger partial charge in [0.1, 0.15) is 0 Å². The fraction of sp³-hybridized carbons (Fsp3) is 1.00. The largest absolute Gasteiger partial charge is 0.333 e. The van der Waals surface area contributed by atoms with Crippen LogP contribution in [-0.4, -0.2) is 45.2 Å². The van der Waals surface area contributed by atoms with Crippen molar-refractivity contribution < 1.29 is 0 Å². The molecule has 0 radical (unpaired) electrons. The molecular formula is C8H23N3. The second-order valence-electron chi connectivity index (χ2n) is 2.13. The SMILES string of the molecule is CCN(CC)CCNC.CN. The van der Waals surface area contributed by atoms with Crippen molar-refractivity contribution in [1.29, 1.82) is 0 Å². The minimum Gasteiger partial charge on any atom is -0.333 e. The van der Waals surface area contributed by atoms with Crippen LogP contribution in [0.1, 0.15) is 13.8 Å². The average molecular weight is 161 g/mol. The van der Waals surface area contributed by atoms with Gasteiger partial charge < -0.3 is 16.0 Å². The summed E-state index contributed by atoms with van der Waals surface area (Å²) in [5.74, 6) is 0. The first-order chi connectivity index (χ1) is 5.35.